The zero-order valence-electron chi connectivity index (χ0n) is 13.2. The number of nitrogens with zero attached hydrogens (tertiary/aromatic N) is 1. The summed E-state index contributed by atoms with van der Waals surface area (Å²) in [6, 6.07) is 0. The van der Waals surface area contributed by atoms with Crippen LogP contribution in [-0.4, -0.2) is 101 Å². The molecule has 0 bridgehead atoms. The third kappa shape index (κ3) is 7.99. The van der Waals surface area contributed by atoms with Crippen molar-refractivity contribution in [3.05, 3.63) is 0 Å². The summed E-state index contributed by atoms with van der Waals surface area (Å²) in [6.45, 7) is 1.70. The molecule has 0 aliphatic heterocycles. The molecule has 0 fully saturated rings. The zero-order chi connectivity index (χ0) is 17.3. The standard InChI is InChI=1S/C13H28N2O7/c1-8(22-7-15(2)3)4-5-14-13(21)12(20)11(19)10(18)9(17)6-16/h8-12,16-20H,4-7H2,1-3H3,(H,14,21). The van der Waals surface area contributed by atoms with E-state index in [1.165, 1.54) is 0 Å². The van der Waals surface area contributed by atoms with Gasteiger partial charge in [-0.25, -0.2) is 0 Å². The molecule has 0 aromatic carbocycles. The molecule has 0 spiro atoms. The second-order valence-electron chi connectivity index (χ2n) is 5.44. The minimum Gasteiger partial charge on any atom is -0.394 e. The normalized spacial score (nSPS) is 18.6. The Morgan fingerprint density at radius 3 is 2.27 bits per heavy atom. The number of ether oxygens (including phenoxy) is 1. The highest BCUT2D eigenvalue weighted by atomic mass is 16.5. The van der Waals surface area contributed by atoms with E-state index in [1.54, 1.807) is 0 Å². The molecular weight excluding hydrogens is 296 g/mol. The van der Waals surface area contributed by atoms with Crippen LogP contribution in [0.15, 0.2) is 0 Å². The van der Waals surface area contributed by atoms with Crippen LogP contribution < -0.4 is 5.32 Å². The van der Waals surface area contributed by atoms with E-state index in [1.807, 2.05) is 25.9 Å². The molecule has 0 aliphatic rings. The summed E-state index contributed by atoms with van der Waals surface area (Å²) < 4.78 is 5.44. The van der Waals surface area contributed by atoms with E-state index in [-0.39, 0.29) is 12.6 Å². The highest BCUT2D eigenvalue weighted by molar-refractivity contribution is 5.81. The number of carbonyl (C=O) groups excluding carboxylic acids is 1. The van der Waals surface area contributed by atoms with Gasteiger partial charge in [0.1, 0.15) is 18.3 Å². The minimum atomic E-state index is -1.91. The van der Waals surface area contributed by atoms with Crippen molar-refractivity contribution in [2.45, 2.75) is 43.9 Å². The van der Waals surface area contributed by atoms with Crippen LogP contribution in [0.3, 0.4) is 0 Å². The number of hydrogen-bond donors (Lipinski definition) is 6. The van der Waals surface area contributed by atoms with E-state index < -0.39 is 36.9 Å². The van der Waals surface area contributed by atoms with Crippen LogP contribution in [0.1, 0.15) is 13.3 Å². The molecule has 6 N–H and O–H groups in total. The second-order valence-corrected chi connectivity index (χ2v) is 5.44. The lowest BCUT2D eigenvalue weighted by molar-refractivity contribution is -0.149. The van der Waals surface area contributed by atoms with Gasteiger partial charge in [0.05, 0.1) is 19.4 Å². The number of rotatable bonds is 11. The number of carbonyl (C=O) groups is 1. The predicted octanol–water partition coefficient (Wildman–Crippen LogP) is -3.15. The molecule has 132 valence electrons. The molecule has 0 aromatic rings. The highest BCUT2D eigenvalue weighted by Crippen LogP contribution is 2.05. The van der Waals surface area contributed by atoms with E-state index in [4.69, 9.17) is 14.9 Å². The fourth-order valence-electron chi connectivity index (χ4n) is 1.54. The van der Waals surface area contributed by atoms with Crippen molar-refractivity contribution in [1.82, 2.24) is 10.2 Å². The first kappa shape index (κ1) is 21.2. The summed E-state index contributed by atoms with van der Waals surface area (Å²) in [5, 5.41) is 48.8. The molecule has 0 heterocycles. The lowest BCUT2D eigenvalue weighted by Crippen LogP contribution is -2.51. The molecule has 1 amide bonds. The van der Waals surface area contributed by atoms with Crippen LogP contribution in [0.4, 0.5) is 0 Å². The Labute approximate surface area is 130 Å². The Balaban J connectivity index is 4.10. The van der Waals surface area contributed by atoms with Gasteiger partial charge >= 0.3 is 0 Å². The van der Waals surface area contributed by atoms with Gasteiger partial charge in [-0.15, -0.1) is 0 Å². The van der Waals surface area contributed by atoms with Crippen molar-refractivity contribution < 1.29 is 35.1 Å². The van der Waals surface area contributed by atoms with Gasteiger partial charge in [-0.1, -0.05) is 0 Å². The summed E-state index contributed by atoms with van der Waals surface area (Å²) in [4.78, 5) is 13.5. The Morgan fingerprint density at radius 1 is 1.18 bits per heavy atom. The number of aliphatic hydroxyl groups is 5. The third-order valence-corrected chi connectivity index (χ3v) is 2.99. The lowest BCUT2D eigenvalue weighted by atomic mass is 10.0. The predicted molar refractivity (Wildman–Crippen MR) is 77.8 cm³/mol. The van der Waals surface area contributed by atoms with Gasteiger partial charge in [0.25, 0.3) is 5.91 Å². The molecule has 0 saturated heterocycles. The maximum atomic E-state index is 11.6. The van der Waals surface area contributed by atoms with E-state index in [0.717, 1.165) is 0 Å². The van der Waals surface area contributed by atoms with Crippen LogP contribution >= 0.6 is 0 Å². The largest absolute Gasteiger partial charge is 0.394 e. The average molecular weight is 324 g/mol. The Kier molecular flexibility index (Phi) is 10.4. The van der Waals surface area contributed by atoms with Gasteiger partial charge in [0.2, 0.25) is 0 Å². The van der Waals surface area contributed by atoms with Crippen molar-refractivity contribution in [3.63, 3.8) is 0 Å². The van der Waals surface area contributed by atoms with Crippen LogP contribution in [0.25, 0.3) is 0 Å². The molecule has 0 radical (unpaired) electrons. The van der Waals surface area contributed by atoms with Gasteiger partial charge in [-0.05, 0) is 27.4 Å². The summed E-state index contributed by atoms with van der Waals surface area (Å²) in [5.74, 6) is -0.878. The summed E-state index contributed by atoms with van der Waals surface area (Å²) in [6.07, 6.45) is -6.88. The third-order valence-electron chi connectivity index (χ3n) is 2.99. The molecule has 5 atom stereocenters. The maximum absolute atomic E-state index is 11.6. The number of hydrogen-bond acceptors (Lipinski definition) is 8. The fraction of sp³-hybridized carbons (Fsp3) is 0.923. The quantitative estimate of drug-likeness (QED) is 0.219. The monoisotopic (exact) mass is 324 g/mol. The van der Waals surface area contributed by atoms with Gasteiger partial charge in [0.15, 0.2) is 6.10 Å². The summed E-state index contributed by atoms with van der Waals surface area (Å²) >= 11 is 0. The van der Waals surface area contributed by atoms with Crippen molar-refractivity contribution in [2.24, 2.45) is 0 Å². The van der Waals surface area contributed by atoms with Crippen LogP contribution in [0.5, 0.6) is 0 Å². The maximum Gasteiger partial charge on any atom is 0.251 e. The Hall–Kier alpha value is -0.810. The van der Waals surface area contributed by atoms with Gasteiger partial charge in [-0.2, -0.15) is 0 Å². The van der Waals surface area contributed by atoms with Crippen molar-refractivity contribution in [1.29, 1.82) is 0 Å². The number of nitrogens with one attached hydrogen (secondary N) is 1. The van der Waals surface area contributed by atoms with Crippen LogP contribution in [0.2, 0.25) is 0 Å². The van der Waals surface area contributed by atoms with Gasteiger partial charge in [0, 0.05) is 6.54 Å². The molecule has 0 aliphatic carbocycles. The smallest absolute Gasteiger partial charge is 0.251 e. The molecule has 9 heteroatoms. The first-order valence-electron chi connectivity index (χ1n) is 7.07. The topological polar surface area (TPSA) is 143 Å². The number of amides is 1. The minimum absolute atomic E-state index is 0.105. The summed E-state index contributed by atoms with van der Waals surface area (Å²) in [5.41, 5.74) is 0. The van der Waals surface area contributed by atoms with Gasteiger partial charge < -0.3 is 35.6 Å². The van der Waals surface area contributed by atoms with Crippen LogP contribution in [-0.2, 0) is 9.53 Å². The van der Waals surface area contributed by atoms with Crippen molar-refractivity contribution >= 4 is 5.91 Å². The molecule has 9 nitrogen and oxygen atoms in total. The zero-order valence-corrected chi connectivity index (χ0v) is 13.2. The van der Waals surface area contributed by atoms with E-state index in [2.05, 4.69) is 5.32 Å². The van der Waals surface area contributed by atoms with E-state index in [0.29, 0.717) is 13.2 Å². The SMILES string of the molecule is CC(CCNC(=O)C(O)C(O)C(O)C(O)CO)OCN(C)C. The lowest BCUT2D eigenvalue weighted by Gasteiger charge is -2.25. The van der Waals surface area contributed by atoms with Crippen molar-refractivity contribution in [3.8, 4) is 0 Å². The molecule has 5 unspecified atom stereocenters. The fourth-order valence-corrected chi connectivity index (χ4v) is 1.54. The molecule has 0 rings (SSSR count). The molecule has 22 heavy (non-hydrogen) atoms. The van der Waals surface area contributed by atoms with Crippen molar-refractivity contribution in [2.75, 3.05) is 34.0 Å². The van der Waals surface area contributed by atoms with Crippen LogP contribution in [0, 0.1) is 0 Å². The molecule has 0 aromatic heterocycles. The van der Waals surface area contributed by atoms with E-state index in [9.17, 15) is 20.1 Å². The molecule has 0 saturated carbocycles. The average Bonchev–Trinajstić information content (AvgIpc) is 2.49. The first-order chi connectivity index (χ1) is 10.2. The summed E-state index contributed by atoms with van der Waals surface area (Å²) in [7, 11) is 3.72. The molecular formula is C13H28N2O7. The first-order valence-corrected chi connectivity index (χ1v) is 7.07. The van der Waals surface area contributed by atoms with Gasteiger partial charge in [-0.3, -0.25) is 9.69 Å². The second kappa shape index (κ2) is 10.8. The van der Waals surface area contributed by atoms with E-state index >= 15 is 0 Å². The Morgan fingerprint density at radius 2 is 1.77 bits per heavy atom. The highest BCUT2D eigenvalue weighted by Gasteiger charge is 2.33. The number of aliphatic hydroxyl groups excluding tert-OH is 5. The Bertz CT molecular complexity index is 317.